The molecule has 2 heterocycles. The Morgan fingerprint density at radius 2 is 2.03 bits per heavy atom. The van der Waals surface area contributed by atoms with Crippen molar-refractivity contribution in [3.8, 4) is 11.4 Å². The summed E-state index contributed by atoms with van der Waals surface area (Å²) in [6, 6.07) is 11.0. The van der Waals surface area contributed by atoms with Crippen LogP contribution >= 0.6 is 11.6 Å². The second-order valence-electron chi connectivity index (χ2n) is 8.72. The monoisotopic (exact) mass is 455 g/mol. The van der Waals surface area contributed by atoms with E-state index in [9.17, 15) is 9.50 Å². The van der Waals surface area contributed by atoms with Crippen LogP contribution in [0.4, 0.5) is 4.39 Å². The van der Waals surface area contributed by atoms with Gasteiger partial charge < -0.3 is 14.4 Å². The van der Waals surface area contributed by atoms with Gasteiger partial charge >= 0.3 is 0 Å². The zero-order valence-electron chi connectivity index (χ0n) is 18.3. The molecule has 168 valence electrons. The molecule has 1 N–H and O–H groups in total. The number of fused-ring (bicyclic) bond motifs is 1. The average molecular weight is 456 g/mol. The van der Waals surface area contributed by atoms with E-state index in [1.807, 2.05) is 43.5 Å². The van der Waals surface area contributed by atoms with Gasteiger partial charge in [-0.1, -0.05) is 18.5 Å². The highest BCUT2D eigenvalue weighted by Crippen LogP contribution is 2.41. The standard InChI is InChI=1S/C25H27ClFN3O2/c1-3-24-28-15(2)13-30(24)17-4-6-19(7-5-17)32-25-21-10-16(26)11-22(27)20(21)12-23(25)29-9-8-18(31)14-29/h4-7,10-11,13,18,23,25,31H,3,8-9,12,14H2,1-2H3/t18?,23-,25-/m0/s1. The van der Waals surface area contributed by atoms with Crippen LogP contribution < -0.4 is 4.74 Å². The van der Waals surface area contributed by atoms with Crippen molar-refractivity contribution in [1.29, 1.82) is 0 Å². The molecule has 3 aromatic rings. The molecule has 7 heteroatoms. The van der Waals surface area contributed by atoms with Crippen molar-refractivity contribution in [2.75, 3.05) is 13.1 Å². The van der Waals surface area contributed by atoms with Gasteiger partial charge in [-0.25, -0.2) is 9.37 Å². The van der Waals surface area contributed by atoms with Crippen LogP contribution in [0.3, 0.4) is 0 Å². The molecule has 3 atom stereocenters. The minimum atomic E-state index is -0.351. The number of hydrogen-bond acceptors (Lipinski definition) is 4. The molecule has 5 nitrogen and oxygen atoms in total. The number of benzene rings is 2. The van der Waals surface area contributed by atoms with Gasteiger partial charge in [-0.3, -0.25) is 4.90 Å². The largest absolute Gasteiger partial charge is 0.484 e. The zero-order valence-corrected chi connectivity index (χ0v) is 19.0. The number of aliphatic hydroxyl groups excluding tert-OH is 1. The zero-order chi connectivity index (χ0) is 22.4. The predicted octanol–water partition coefficient (Wildman–Crippen LogP) is 4.65. The predicted molar refractivity (Wildman–Crippen MR) is 122 cm³/mol. The lowest BCUT2D eigenvalue weighted by molar-refractivity contribution is 0.0818. The van der Waals surface area contributed by atoms with Crippen molar-refractivity contribution in [2.24, 2.45) is 0 Å². The van der Waals surface area contributed by atoms with Crippen LogP contribution in [0.5, 0.6) is 5.75 Å². The number of likely N-dealkylation sites (tertiary alicyclic amines) is 1. The van der Waals surface area contributed by atoms with E-state index in [1.54, 1.807) is 0 Å². The normalized spacial score (nSPS) is 23.0. The summed E-state index contributed by atoms with van der Waals surface area (Å²) in [6.07, 6.45) is 3.44. The van der Waals surface area contributed by atoms with E-state index < -0.39 is 0 Å². The van der Waals surface area contributed by atoms with Gasteiger partial charge in [-0.05, 0) is 61.7 Å². The molecular weight excluding hydrogens is 429 g/mol. The van der Waals surface area contributed by atoms with Crippen molar-refractivity contribution in [3.63, 3.8) is 0 Å². The van der Waals surface area contributed by atoms with Crippen molar-refractivity contribution >= 4 is 11.6 Å². The van der Waals surface area contributed by atoms with E-state index in [-0.39, 0.29) is 24.1 Å². The lowest BCUT2D eigenvalue weighted by Gasteiger charge is -2.30. The topological polar surface area (TPSA) is 50.5 Å². The van der Waals surface area contributed by atoms with E-state index in [0.29, 0.717) is 29.3 Å². The fourth-order valence-electron chi connectivity index (χ4n) is 5.00. The van der Waals surface area contributed by atoms with Crippen LogP contribution in [0.1, 0.15) is 42.1 Å². The summed E-state index contributed by atoms with van der Waals surface area (Å²) in [4.78, 5) is 6.78. The molecule has 2 aromatic carbocycles. The second kappa shape index (κ2) is 8.50. The first-order valence-corrected chi connectivity index (χ1v) is 11.5. The molecule has 0 spiro atoms. The van der Waals surface area contributed by atoms with Gasteiger partial charge in [0.25, 0.3) is 0 Å². The van der Waals surface area contributed by atoms with Crippen molar-refractivity contribution in [1.82, 2.24) is 14.5 Å². The SMILES string of the molecule is CCc1nc(C)cn1-c1ccc(O[C@H]2c3cc(Cl)cc(F)c3C[C@@H]2N2CCC(O)C2)cc1. The molecule has 1 unspecified atom stereocenters. The summed E-state index contributed by atoms with van der Waals surface area (Å²) < 4.78 is 23.2. The summed E-state index contributed by atoms with van der Waals surface area (Å²) >= 11 is 6.19. The van der Waals surface area contributed by atoms with E-state index in [4.69, 9.17) is 16.3 Å². The number of nitrogens with zero attached hydrogens (tertiary/aromatic N) is 3. The maximum atomic E-state index is 14.7. The Morgan fingerprint density at radius 1 is 1.25 bits per heavy atom. The first-order valence-electron chi connectivity index (χ1n) is 11.1. The number of hydrogen-bond donors (Lipinski definition) is 1. The van der Waals surface area contributed by atoms with E-state index in [2.05, 4.69) is 21.4 Å². The maximum Gasteiger partial charge on any atom is 0.140 e. The van der Waals surface area contributed by atoms with Gasteiger partial charge in [0, 0.05) is 42.0 Å². The molecule has 1 saturated heterocycles. The highest BCUT2D eigenvalue weighted by atomic mass is 35.5. The third-order valence-electron chi connectivity index (χ3n) is 6.52. The number of aryl methyl sites for hydroxylation is 2. The Labute approximate surface area is 192 Å². The lowest BCUT2D eigenvalue weighted by Crippen LogP contribution is -2.39. The third kappa shape index (κ3) is 3.91. The molecule has 1 aromatic heterocycles. The van der Waals surface area contributed by atoms with Gasteiger partial charge in [-0.2, -0.15) is 0 Å². The summed E-state index contributed by atoms with van der Waals surface area (Å²) in [6.45, 7) is 5.43. The summed E-state index contributed by atoms with van der Waals surface area (Å²) in [5.74, 6) is 1.44. The number of aliphatic hydroxyl groups is 1. The molecule has 0 bridgehead atoms. The maximum absolute atomic E-state index is 14.7. The molecule has 1 aliphatic heterocycles. The van der Waals surface area contributed by atoms with Crippen LogP contribution in [0.25, 0.3) is 5.69 Å². The highest BCUT2D eigenvalue weighted by molar-refractivity contribution is 6.30. The fraction of sp³-hybridized carbons (Fsp3) is 0.400. The summed E-state index contributed by atoms with van der Waals surface area (Å²) in [7, 11) is 0. The van der Waals surface area contributed by atoms with Gasteiger partial charge in [0.1, 0.15) is 23.5 Å². The second-order valence-corrected chi connectivity index (χ2v) is 9.16. The molecule has 1 fully saturated rings. The molecule has 0 saturated carbocycles. The van der Waals surface area contributed by atoms with Gasteiger partial charge in [0.2, 0.25) is 0 Å². The first kappa shape index (κ1) is 21.4. The third-order valence-corrected chi connectivity index (χ3v) is 6.74. The number of ether oxygens (including phenoxy) is 1. The quantitative estimate of drug-likeness (QED) is 0.608. The lowest BCUT2D eigenvalue weighted by atomic mass is 10.1. The smallest absolute Gasteiger partial charge is 0.140 e. The number of halogens is 2. The van der Waals surface area contributed by atoms with Crippen LogP contribution in [-0.4, -0.2) is 44.8 Å². The number of aromatic nitrogens is 2. The van der Waals surface area contributed by atoms with Crippen LogP contribution in [0, 0.1) is 12.7 Å². The van der Waals surface area contributed by atoms with Crippen molar-refractivity contribution in [2.45, 2.75) is 51.4 Å². The summed E-state index contributed by atoms with van der Waals surface area (Å²) in [5, 5.41) is 10.4. The van der Waals surface area contributed by atoms with Crippen LogP contribution in [0.2, 0.25) is 5.02 Å². The minimum absolute atomic E-state index is 0.0437. The molecule has 0 amide bonds. The fourth-order valence-corrected chi connectivity index (χ4v) is 5.21. The first-order chi connectivity index (χ1) is 15.4. The number of imidazole rings is 1. The van der Waals surface area contributed by atoms with E-state index >= 15 is 0 Å². The molecule has 5 rings (SSSR count). The molecule has 32 heavy (non-hydrogen) atoms. The van der Waals surface area contributed by atoms with Crippen LogP contribution in [-0.2, 0) is 12.8 Å². The Kier molecular flexibility index (Phi) is 5.70. The van der Waals surface area contributed by atoms with Crippen LogP contribution in [0.15, 0.2) is 42.6 Å². The number of rotatable bonds is 5. The van der Waals surface area contributed by atoms with Crippen molar-refractivity contribution in [3.05, 3.63) is 76.1 Å². The Hall–Kier alpha value is -2.41. The van der Waals surface area contributed by atoms with Crippen molar-refractivity contribution < 1.29 is 14.2 Å². The Balaban J connectivity index is 1.44. The summed E-state index contributed by atoms with van der Waals surface area (Å²) in [5.41, 5.74) is 3.46. The Morgan fingerprint density at radius 3 is 2.72 bits per heavy atom. The van der Waals surface area contributed by atoms with E-state index in [1.165, 1.54) is 6.07 Å². The van der Waals surface area contributed by atoms with Gasteiger partial charge in [0.15, 0.2) is 0 Å². The molecule has 1 aliphatic carbocycles. The highest BCUT2D eigenvalue weighted by Gasteiger charge is 2.42. The Bertz CT molecular complexity index is 1130. The average Bonchev–Trinajstić information content (AvgIpc) is 3.46. The van der Waals surface area contributed by atoms with E-state index in [0.717, 1.165) is 42.2 Å². The molecule has 0 radical (unpaired) electrons. The molecular formula is C25H27ClFN3O2. The minimum Gasteiger partial charge on any atom is -0.484 e. The molecule has 2 aliphatic rings. The number of β-amino-alcohol motifs (C(OH)–C–C–N with tert-alkyl or cyclic N) is 1. The van der Waals surface area contributed by atoms with Gasteiger partial charge in [0.05, 0.1) is 17.8 Å². The van der Waals surface area contributed by atoms with Gasteiger partial charge in [-0.15, -0.1) is 0 Å².